The van der Waals surface area contributed by atoms with Crippen LogP contribution in [-0.2, 0) is 6.54 Å². The number of hydrogen-bond donors (Lipinski definition) is 2. The molecule has 0 bridgehead atoms. The van der Waals surface area contributed by atoms with E-state index in [1.165, 1.54) is 18.6 Å². The summed E-state index contributed by atoms with van der Waals surface area (Å²) < 4.78 is 5.45. The number of aromatic nitrogens is 1. The van der Waals surface area contributed by atoms with Crippen molar-refractivity contribution in [2.75, 3.05) is 18.1 Å². The first kappa shape index (κ1) is 21.6. The summed E-state index contributed by atoms with van der Waals surface area (Å²) in [5.41, 5.74) is 1.06. The highest BCUT2D eigenvalue weighted by Gasteiger charge is 2.15. The second-order valence-electron chi connectivity index (χ2n) is 5.99. The fourth-order valence-corrected chi connectivity index (χ4v) is 3.90. The molecule has 1 unspecified atom stereocenters. The monoisotopic (exact) mass is 466 g/mol. The molecule has 2 rings (SSSR count). The van der Waals surface area contributed by atoms with Gasteiger partial charge >= 0.3 is 0 Å². The molecule has 7 heteroatoms. The molecule has 1 atom stereocenters. The zero-order chi connectivity index (χ0) is 16.5. The van der Waals surface area contributed by atoms with E-state index < -0.39 is 0 Å². The molecule has 24 heavy (non-hydrogen) atoms. The number of guanidine groups is 1. The average molecular weight is 466 g/mol. The van der Waals surface area contributed by atoms with E-state index in [4.69, 9.17) is 4.52 Å². The molecule has 1 aromatic heterocycles. The summed E-state index contributed by atoms with van der Waals surface area (Å²) in [5, 5.41) is 11.1. The Balaban J connectivity index is 0.00000288. The van der Waals surface area contributed by atoms with Crippen LogP contribution in [0.3, 0.4) is 0 Å². The first-order valence-corrected chi connectivity index (χ1v) is 10.00. The van der Waals surface area contributed by atoms with Crippen LogP contribution in [0.5, 0.6) is 0 Å². The van der Waals surface area contributed by atoms with Crippen LogP contribution in [0.2, 0.25) is 0 Å². The number of nitrogens with one attached hydrogen (secondary N) is 2. The van der Waals surface area contributed by atoms with E-state index >= 15 is 0 Å². The van der Waals surface area contributed by atoms with Crippen LogP contribution in [0.15, 0.2) is 15.6 Å². The Labute approximate surface area is 167 Å². The van der Waals surface area contributed by atoms with Gasteiger partial charge in [-0.15, -0.1) is 24.0 Å². The maximum atomic E-state index is 5.45. The molecule has 1 aliphatic rings. The highest BCUT2D eigenvalue weighted by Crippen LogP contribution is 2.22. The minimum atomic E-state index is 0. The number of halogens is 1. The summed E-state index contributed by atoms with van der Waals surface area (Å²) in [6.07, 6.45) is 4.69. The quantitative estimate of drug-likeness (QED) is 0.359. The molecule has 0 spiro atoms. The van der Waals surface area contributed by atoms with E-state index in [1.54, 1.807) is 0 Å². The number of nitrogens with zero attached hydrogens (tertiary/aromatic N) is 2. The molecule has 1 fully saturated rings. The molecule has 1 aliphatic heterocycles. The molecule has 5 nitrogen and oxygen atoms in total. The van der Waals surface area contributed by atoms with Crippen LogP contribution < -0.4 is 10.6 Å². The third-order valence-electron chi connectivity index (χ3n) is 4.22. The van der Waals surface area contributed by atoms with Crippen molar-refractivity contribution >= 4 is 41.7 Å². The molecular weight excluding hydrogens is 435 g/mol. The van der Waals surface area contributed by atoms with Crippen molar-refractivity contribution in [2.45, 2.75) is 65.0 Å². The van der Waals surface area contributed by atoms with Crippen LogP contribution in [-0.4, -0.2) is 35.2 Å². The molecule has 0 aromatic carbocycles. The smallest absolute Gasteiger partial charge is 0.191 e. The normalized spacial score (nSPS) is 18.3. The van der Waals surface area contributed by atoms with Gasteiger partial charge in [-0.25, -0.2) is 4.99 Å². The second kappa shape index (κ2) is 12.0. The van der Waals surface area contributed by atoms with Gasteiger partial charge in [0.05, 0.1) is 5.69 Å². The van der Waals surface area contributed by atoms with Gasteiger partial charge in [-0.05, 0) is 38.4 Å². The van der Waals surface area contributed by atoms with Crippen molar-refractivity contribution in [1.82, 2.24) is 15.8 Å². The van der Waals surface area contributed by atoms with Gasteiger partial charge in [-0.3, -0.25) is 0 Å². The summed E-state index contributed by atoms with van der Waals surface area (Å²) in [4.78, 5) is 4.65. The number of hydrogen-bond acceptors (Lipinski definition) is 4. The number of thioether (sulfide) groups is 1. The molecule has 2 heterocycles. The fourth-order valence-electron chi connectivity index (χ4n) is 2.83. The average Bonchev–Trinajstić information content (AvgIpc) is 3.04. The minimum absolute atomic E-state index is 0. The predicted molar refractivity (Wildman–Crippen MR) is 114 cm³/mol. The summed E-state index contributed by atoms with van der Waals surface area (Å²) in [5.74, 6) is 4.64. The van der Waals surface area contributed by atoms with Crippen molar-refractivity contribution in [3.63, 3.8) is 0 Å². The summed E-state index contributed by atoms with van der Waals surface area (Å²) in [6, 6.07) is 2.57. The van der Waals surface area contributed by atoms with Gasteiger partial charge < -0.3 is 15.2 Å². The van der Waals surface area contributed by atoms with E-state index in [1.807, 2.05) is 11.8 Å². The van der Waals surface area contributed by atoms with E-state index in [0.29, 0.717) is 18.5 Å². The lowest BCUT2D eigenvalue weighted by molar-refractivity contribution is 0.372. The van der Waals surface area contributed by atoms with Crippen LogP contribution in [0.25, 0.3) is 0 Å². The molecule has 2 N–H and O–H groups in total. The Hall–Kier alpha value is -0.440. The van der Waals surface area contributed by atoms with E-state index in [-0.39, 0.29) is 24.0 Å². The predicted octanol–water partition coefficient (Wildman–Crippen LogP) is 4.15. The second-order valence-corrected chi connectivity index (χ2v) is 7.13. The Morgan fingerprint density at radius 3 is 2.83 bits per heavy atom. The molecule has 1 saturated heterocycles. The van der Waals surface area contributed by atoms with Gasteiger partial charge in [0.2, 0.25) is 0 Å². The Morgan fingerprint density at radius 1 is 1.42 bits per heavy atom. The van der Waals surface area contributed by atoms with Gasteiger partial charge in [0, 0.05) is 30.3 Å². The molecule has 0 radical (unpaired) electrons. The van der Waals surface area contributed by atoms with Crippen molar-refractivity contribution in [2.24, 2.45) is 4.99 Å². The van der Waals surface area contributed by atoms with Gasteiger partial charge in [-0.1, -0.05) is 19.0 Å². The largest absolute Gasteiger partial charge is 0.359 e. The van der Waals surface area contributed by atoms with Gasteiger partial charge in [0.25, 0.3) is 0 Å². The lowest BCUT2D eigenvalue weighted by Gasteiger charge is -2.24. The number of rotatable bonds is 7. The standard InChI is InChI=1S/C17H30N4OS.HI/c1-4-13(5-2)16-10-15(22-21-16)11-19-17(18-6-3)20-14-8-7-9-23-12-14;/h10,13-14H,4-9,11-12H2,1-3H3,(H2,18,19,20);1H. The van der Waals surface area contributed by atoms with Gasteiger partial charge in [0.1, 0.15) is 6.54 Å². The Morgan fingerprint density at radius 2 is 2.21 bits per heavy atom. The molecular formula is C17H31IN4OS. The van der Waals surface area contributed by atoms with Crippen LogP contribution in [0.4, 0.5) is 0 Å². The molecule has 138 valence electrons. The van der Waals surface area contributed by atoms with Crippen molar-refractivity contribution in [1.29, 1.82) is 0 Å². The van der Waals surface area contributed by atoms with Crippen LogP contribution in [0.1, 0.15) is 63.8 Å². The molecule has 0 amide bonds. The Bertz CT molecular complexity index is 485. The highest BCUT2D eigenvalue weighted by molar-refractivity contribution is 14.0. The molecule has 0 aliphatic carbocycles. The first-order chi connectivity index (χ1) is 11.3. The topological polar surface area (TPSA) is 62.5 Å². The summed E-state index contributed by atoms with van der Waals surface area (Å²) >= 11 is 2.02. The Kier molecular flexibility index (Phi) is 10.8. The summed E-state index contributed by atoms with van der Waals surface area (Å²) in [7, 11) is 0. The fraction of sp³-hybridized carbons (Fsp3) is 0.765. The number of aliphatic imine (C=N–C) groups is 1. The lowest BCUT2D eigenvalue weighted by atomic mass is 9.99. The van der Waals surface area contributed by atoms with Crippen molar-refractivity contribution in [3.05, 3.63) is 17.5 Å². The van der Waals surface area contributed by atoms with Gasteiger partial charge in [-0.2, -0.15) is 11.8 Å². The van der Waals surface area contributed by atoms with E-state index in [0.717, 1.165) is 42.6 Å². The zero-order valence-corrected chi connectivity index (χ0v) is 18.2. The van der Waals surface area contributed by atoms with E-state index in [2.05, 4.69) is 47.6 Å². The third kappa shape index (κ3) is 6.82. The maximum absolute atomic E-state index is 5.45. The van der Waals surface area contributed by atoms with Crippen molar-refractivity contribution in [3.8, 4) is 0 Å². The SMILES string of the molecule is CCNC(=NCc1cc(C(CC)CC)no1)NC1CCCSC1.I. The van der Waals surface area contributed by atoms with Crippen LogP contribution >= 0.6 is 35.7 Å². The van der Waals surface area contributed by atoms with Crippen molar-refractivity contribution < 1.29 is 4.52 Å². The third-order valence-corrected chi connectivity index (χ3v) is 5.43. The maximum Gasteiger partial charge on any atom is 0.191 e. The van der Waals surface area contributed by atoms with Crippen LogP contribution in [0, 0.1) is 0 Å². The van der Waals surface area contributed by atoms with E-state index in [9.17, 15) is 0 Å². The highest BCUT2D eigenvalue weighted by atomic mass is 127. The van der Waals surface area contributed by atoms with Gasteiger partial charge in [0.15, 0.2) is 11.7 Å². The molecule has 1 aromatic rings. The lowest BCUT2D eigenvalue weighted by Crippen LogP contribution is -2.45. The molecule has 0 saturated carbocycles. The summed E-state index contributed by atoms with van der Waals surface area (Å²) in [6.45, 7) is 7.86. The minimum Gasteiger partial charge on any atom is -0.359 e. The zero-order valence-electron chi connectivity index (χ0n) is 15.0. The first-order valence-electron chi connectivity index (χ1n) is 8.84.